The third kappa shape index (κ3) is 4.40. The number of aromatic nitrogens is 4. The van der Waals surface area contributed by atoms with Gasteiger partial charge in [0.1, 0.15) is 0 Å². The van der Waals surface area contributed by atoms with E-state index in [9.17, 15) is 14.9 Å². The average Bonchev–Trinajstić information content (AvgIpc) is 3.30. The largest absolute Gasteiger partial charge is 0.296 e. The van der Waals surface area contributed by atoms with Gasteiger partial charge in [-0.1, -0.05) is 29.5 Å². The molecule has 4 aromatic rings. The lowest BCUT2D eigenvalue weighted by Gasteiger charge is -2.04. The highest BCUT2D eigenvalue weighted by molar-refractivity contribution is 7.15. The number of hydrogen-bond acceptors (Lipinski definition) is 7. The molecule has 0 bridgehead atoms. The quantitative estimate of drug-likeness (QED) is 0.345. The maximum Gasteiger partial charge on any atom is 0.279 e. The van der Waals surface area contributed by atoms with Gasteiger partial charge in [-0.2, -0.15) is 0 Å². The molecule has 2 heterocycles. The van der Waals surface area contributed by atoms with Gasteiger partial charge in [-0.25, -0.2) is 9.67 Å². The molecule has 9 nitrogen and oxygen atoms in total. The van der Waals surface area contributed by atoms with E-state index >= 15 is 0 Å². The zero-order valence-corrected chi connectivity index (χ0v) is 18.5. The number of non-ortho nitro benzene ring substituents is 1. The van der Waals surface area contributed by atoms with E-state index in [1.165, 1.54) is 23.5 Å². The SMILES string of the molecule is Cc1cccc(-n2nnc(C(=O)Nc3nc(C)c(Cc4ccc([N+](=O)[O-])cc4)s3)c2C)c1. The minimum atomic E-state index is -0.424. The van der Waals surface area contributed by atoms with E-state index in [4.69, 9.17) is 0 Å². The highest BCUT2D eigenvalue weighted by Gasteiger charge is 2.19. The molecule has 4 rings (SSSR count). The Bertz CT molecular complexity index is 1310. The zero-order valence-electron chi connectivity index (χ0n) is 17.7. The molecule has 0 atom stereocenters. The van der Waals surface area contributed by atoms with Crippen LogP contribution in [-0.4, -0.2) is 30.8 Å². The number of benzene rings is 2. The second-order valence-electron chi connectivity index (χ2n) is 7.36. The van der Waals surface area contributed by atoms with Crippen molar-refractivity contribution in [3.05, 3.63) is 91.7 Å². The molecule has 0 aliphatic rings. The predicted octanol–water partition coefficient (Wildman–Crippen LogP) is 4.40. The maximum absolute atomic E-state index is 12.8. The van der Waals surface area contributed by atoms with Gasteiger partial charge in [0.15, 0.2) is 10.8 Å². The molecule has 0 aliphatic carbocycles. The van der Waals surface area contributed by atoms with E-state index in [0.29, 0.717) is 17.2 Å². The standard InChI is InChI=1S/C22H20N6O3S/c1-13-5-4-6-18(11-13)27-15(3)20(25-26-27)21(29)24-22-23-14(2)19(32-22)12-16-7-9-17(10-8-16)28(30)31/h4-11H,12H2,1-3H3,(H,23,24,29). The molecule has 0 saturated heterocycles. The Balaban J connectivity index is 1.49. The van der Waals surface area contributed by atoms with Gasteiger partial charge in [-0.15, -0.1) is 16.4 Å². The number of amides is 1. The summed E-state index contributed by atoms with van der Waals surface area (Å²) in [7, 11) is 0. The van der Waals surface area contributed by atoms with Gasteiger partial charge in [0.2, 0.25) is 0 Å². The highest BCUT2D eigenvalue weighted by atomic mass is 32.1. The number of thiazole rings is 1. The van der Waals surface area contributed by atoms with E-state index in [2.05, 4.69) is 20.6 Å². The van der Waals surface area contributed by atoms with Crippen LogP contribution in [0.4, 0.5) is 10.8 Å². The Kier molecular flexibility index (Phi) is 5.78. The molecule has 0 saturated carbocycles. The lowest BCUT2D eigenvalue weighted by atomic mass is 10.1. The third-order valence-corrected chi connectivity index (χ3v) is 6.05. The molecule has 0 spiro atoms. The Hall–Kier alpha value is -3.92. The predicted molar refractivity (Wildman–Crippen MR) is 122 cm³/mol. The Labute approximate surface area is 187 Å². The summed E-state index contributed by atoms with van der Waals surface area (Å²) in [5, 5.41) is 22.3. The van der Waals surface area contributed by atoms with E-state index in [0.717, 1.165) is 27.4 Å². The van der Waals surface area contributed by atoms with E-state index in [1.807, 2.05) is 38.1 Å². The first kappa shape index (κ1) is 21.3. The van der Waals surface area contributed by atoms with Crippen LogP contribution < -0.4 is 5.32 Å². The molecule has 0 aliphatic heterocycles. The van der Waals surface area contributed by atoms with Gasteiger partial charge in [-0.05, 0) is 44.0 Å². The summed E-state index contributed by atoms with van der Waals surface area (Å²) in [6.45, 7) is 5.65. The van der Waals surface area contributed by atoms with Crippen molar-refractivity contribution in [3.8, 4) is 5.69 Å². The Morgan fingerprint density at radius 3 is 2.59 bits per heavy atom. The summed E-state index contributed by atoms with van der Waals surface area (Å²) < 4.78 is 1.63. The van der Waals surface area contributed by atoms with Crippen LogP contribution in [0.15, 0.2) is 48.5 Å². The molecule has 1 N–H and O–H groups in total. The summed E-state index contributed by atoms with van der Waals surface area (Å²) in [6, 6.07) is 14.2. The monoisotopic (exact) mass is 448 g/mol. The van der Waals surface area contributed by atoms with Crippen LogP contribution in [0.3, 0.4) is 0 Å². The Morgan fingerprint density at radius 2 is 1.91 bits per heavy atom. The first-order valence-corrected chi connectivity index (χ1v) is 10.6. The van der Waals surface area contributed by atoms with Crippen molar-refractivity contribution in [2.75, 3.05) is 5.32 Å². The van der Waals surface area contributed by atoms with Crippen molar-refractivity contribution in [1.29, 1.82) is 0 Å². The minimum absolute atomic E-state index is 0.0526. The van der Waals surface area contributed by atoms with Crippen molar-refractivity contribution in [3.63, 3.8) is 0 Å². The molecule has 0 fully saturated rings. The zero-order chi connectivity index (χ0) is 22.8. The van der Waals surface area contributed by atoms with Crippen LogP contribution >= 0.6 is 11.3 Å². The fourth-order valence-corrected chi connectivity index (χ4v) is 4.26. The number of carbonyl (C=O) groups excluding carboxylic acids is 1. The number of nitro benzene ring substituents is 1. The second-order valence-corrected chi connectivity index (χ2v) is 8.44. The average molecular weight is 449 g/mol. The second kappa shape index (κ2) is 8.67. The van der Waals surface area contributed by atoms with Gasteiger partial charge in [0.25, 0.3) is 11.6 Å². The van der Waals surface area contributed by atoms with Crippen LogP contribution in [0, 0.1) is 30.9 Å². The van der Waals surface area contributed by atoms with Crippen LogP contribution in [-0.2, 0) is 6.42 Å². The van der Waals surface area contributed by atoms with Crippen LogP contribution in [0.5, 0.6) is 0 Å². The summed E-state index contributed by atoms with van der Waals surface area (Å²) in [6.07, 6.45) is 0.569. The Morgan fingerprint density at radius 1 is 1.16 bits per heavy atom. The van der Waals surface area contributed by atoms with Gasteiger partial charge < -0.3 is 0 Å². The molecular weight excluding hydrogens is 428 g/mol. The number of aryl methyl sites for hydroxylation is 2. The van der Waals surface area contributed by atoms with Crippen molar-refractivity contribution < 1.29 is 9.72 Å². The number of nitrogens with one attached hydrogen (secondary N) is 1. The van der Waals surface area contributed by atoms with Gasteiger partial charge in [0.05, 0.1) is 22.0 Å². The first-order chi connectivity index (χ1) is 15.3. The fourth-order valence-electron chi connectivity index (χ4n) is 3.27. The van der Waals surface area contributed by atoms with Crippen LogP contribution in [0.2, 0.25) is 0 Å². The van der Waals surface area contributed by atoms with Crippen LogP contribution in [0.25, 0.3) is 5.69 Å². The van der Waals surface area contributed by atoms with E-state index in [1.54, 1.807) is 23.7 Å². The molecule has 32 heavy (non-hydrogen) atoms. The number of nitrogens with zero attached hydrogens (tertiary/aromatic N) is 5. The van der Waals surface area contributed by atoms with Crippen molar-refractivity contribution in [1.82, 2.24) is 20.0 Å². The molecule has 2 aromatic heterocycles. The number of rotatable bonds is 6. The van der Waals surface area contributed by atoms with E-state index < -0.39 is 4.92 Å². The summed E-state index contributed by atoms with van der Waals surface area (Å²) >= 11 is 1.37. The molecular formula is C22H20N6O3S. The molecule has 10 heteroatoms. The van der Waals surface area contributed by atoms with Crippen LogP contribution in [0.1, 0.15) is 37.9 Å². The van der Waals surface area contributed by atoms with Gasteiger partial charge in [-0.3, -0.25) is 20.2 Å². The molecule has 162 valence electrons. The molecule has 0 radical (unpaired) electrons. The first-order valence-electron chi connectivity index (χ1n) is 9.82. The normalized spacial score (nSPS) is 10.8. The lowest BCUT2D eigenvalue weighted by molar-refractivity contribution is -0.384. The number of hydrogen-bond donors (Lipinski definition) is 1. The topological polar surface area (TPSA) is 116 Å². The number of carbonyl (C=O) groups is 1. The summed E-state index contributed by atoms with van der Waals surface area (Å²) in [4.78, 5) is 28.6. The third-order valence-electron chi connectivity index (χ3n) is 4.98. The summed E-state index contributed by atoms with van der Waals surface area (Å²) in [5.41, 5.74) is 4.56. The smallest absolute Gasteiger partial charge is 0.279 e. The molecule has 2 aromatic carbocycles. The van der Waals surface area contributed by atoms with Gasteiger partial charge >= 0.3 is 0 Å². The van der Waals surface area contributed by atoms with E-state index in [-0.39, 0.29) is 17.3 Å². The number of nitro groups is 1. The summed E-state index contributed by atoms with van der Waals surface area (Å²) in [5.74, 6) is -0.378. The minimum Gasteiger partial charge on any atom is -0.296 e. The maximum atomic E-state index is 12.8. The van der Waals surface area contributed by atoms with Crippen molar-refractivity contribution in [2.45, 2.75) is 27.2 Å². The molecule has 0 unspecified atom stereocenters. The number of anilines is 1. The molecule has 1 amide bonds. The lowest BCUT2D eigenvalue weighted by Crippen LogP contribution is -2.14. The fraction of sp³-hybridized carbons (Fsp3) is 0.182. The van der Waals surface area contributed by atoms with Gasteiger partial charge in [0, 0.05) is 23.4 Å². The highest BCUT2D eigenvalue weighted by Crippen LogP contribution is 2.26. The van der Waals surface area contributed by atoms with Crippen molar-refractivity contribution >= 4 is 28.1 Å². The van der Waals surface area contributed by atoms with Crippen molar-refractivity contribution in [2.24, 2.45) is 0 Å².